The molecule has 1 aromatic rings. The molecule has 1 fully saturated rings. The van der Waals surface area contributed by atoms with Gasteiger partial charge < -0.3 is 0 Å². The van der Waals surface area contributed by atoms with Crippen molar-refractivity contribution in [2.45, 2.75) is 18.2 Å². The molecule has 23 heavy (non-hydrogen) atoms. The van der Waals surface area contributed by atoms with Crippen LogP contribution < -0.4 is 0 Å². The molecule has 0 spiro atoms. The van der Waals surface area contributed by atoms with Crippen molar-refractivity contribution < 1.29 is 25.6 Å². The number of halogens is 2. The van der Waals surface area contributed by atoms with Crippen LogP contribution in [0.15, 0.2) is 23.1 Å². The molecule has 2 rings (SSSR count). The molecule has 1 aliphatic heterocycles. The number of benzene rings is 1. The Morgan fingerprint density at radius 3 is 2.26 bits per heavy atom. The molecule has 1 heterocycles. The molecule has 0 unspecified atom stereocenters. The van der Waals surface area contributed by atoms with Gasteiger partial charge in [0.2, 0.25) is 20.0 Å². The molecule has 1 aliphatic rings. The first-order valence-electron chi connectivity index (χ1n) is 7.11. The molecule has 1 saturated heterocycles. The number of sulfonamides is 2. The van der Waals surface area contributed by atoms with E-state index in [1.807, 2.05) is 0 Å². The van der Waals surface area contributed by atoms with Crippen LogP contribution in [0.5, 0.6) is 0 Å². The monoisotopic (exact) mass is 368 g/mol. The average Bonchev–Trinajstić information content (AvgIpc) is 2.76. The fourth-order valence-electron chi connectivity index (χ4n) is 2.39. The Bertz CT molecular complexity index is 781. The van der Waals surface area contributed by atoms with E-state index < -0.39 is 36.6 Å². The molecule has 1 aromatic carbocycles. The minimum atomic E-state index is -4.22. The molecule has 0 atom stereocenters. The van der Waals surface area contributed by atoms with Crippen LogP contribution in [0.25, 0.3) is 0 Å². The molecule has 0 aliphatic carbocycles. The topological polar surface area (TPSA) is 74.8 Å². The molecule has 0 saturated carbocycles. The summed E-state index contributed by atoms with van der Waals surface area (Å²) < 4.78 is 78.0. The van der Waals surface area contributed by atoms with Gasteiger partial charge in [0.15, 0.2) is 0 Å². The zero-order valence-electron chi connectivity index (χ0n) is 12.6. The summed E-state index contributed by atoms with van der Waals surface area (Å²) in [5.74, 6) is -1.96. The van der Waals surface area contributed by atoms with Crippen molar-refractivity contribution in [2.24, 2.45) is 0 Å². The van der Waals surface area contributed by atoms with Gasteiger partial charge in [-0.3, -0.25) is 0 Å². The molecular weight excluding hydrogens is 350 g/mol. The Morgan fingerprint density at radius 2 is 1.61 bits per heavy atom. The second-order valence-corrected chi connectivity index (χ2v) is 9.30. The Labute approximate surface area is 134 Å². The summed E-state index contributed by atoms with van der Waals surface area (Å²) in [5, 5.41) is 0. The summed E-state index contributed by atoms with van der Waals surface area (Å²) in [7, 11) is -7.63. The molecule has 0 radical (unpaired) electrons. The van der Waals surface area contributed by atoms with Crippen LogP contribution in [-0.4, -0.2) is 57.4 Å². The number of hydrogen-bond donors (Lipinski definition) is 0. The van der Waals surface area contributed by atoms with Crippen LogP contribution in [0.2, 0.25) is 0 Å². The summed E-state index contributed by atoms with van der Waals surface area (Å²) in [6.45, 7) is 1.66. The largest absolute Gasteiger partial charge is 0.246 e. The summed E-state index contributed by atoms with van der Waals surface area (Å²) in [4.78, 5) is -0.732. The molecule has 0 bridgehead atoms. The zero-order valence-corrected chi connectivity index (χ0v) is 14.2. The lowest BCUT2D eigenvalue weighted by Crippen LogP contribution is -2.38. The minimum absolute atomic E-state index is 0.00760. The first-order valence-corrected chi connectivity index (χ1v) is 10.2. The lowest BCUT2D eigenvalue weighted by Gasteiger charge is -2.21. The predicted octanol–water partition coefficient (Wildman–Crippen LogP) is 1.01. The Balaban J connectivity index is 2.27. The van der Waals surface area contributed by atoms with Crippen LogP contribution >= 0.6 is 0 Å². The second kappa shape index (κ2) is 6.80. The summed E-state index contributed by atoms with van der Waals surface area (Å²) in [6, 6.07) is 2.23. The van der Waals surface area contributed by atoms with E-state index in [-0.39, 0.29) is 38.4 Å². The molecular formula is C13H18F2N2O4S2. The lowest BCUT2D eigenvalue weighted by atomic mass is 10.3. The molecule has 0 aromatic heterocycles. The van der Waals surface area contributed by atoms with E-state index in [0.717, 1.165) is 16.4 Å². The second-order valence-electron chi connectivity index (χ2n) is 5.13. The van der Waals surface area contributed by atoms with Gasteiger partial charge in [0, 0.05) is 26.2 Å². The van der Waals surface area contributed by atoms with Crippen molar-refractivity contribution in [3.8, 4) is 0 Å². The van der Waals surface area contributed by atoms with E-state index in [1.165, 1.54) is 11.2 Å². The molecule has 6 nitrogen and oxygen atoms in total. The van der Waals surface area contributed by atoms with Crippen molar-refractivity contribution in [2.75, 3.05) is 31.9 Å². The highest BCUT2D eigenvalue weighted by Gasteiger charge is 2.32. The van der Waals surface area contributed by atoms with Crippen LogP contribution in [-0.2, 0) is 20.0 Å². The van der Waals surface area contributed by atoms with E-state index in [9.17, 15) is 25.6 Å². The number of rotatable bonds is 4. The highest BCUT2D eigenvalue weighted by molar-refractivity contribution is 7.89. The minimum Gasteiger partial charge on any atom is -0.212 e. The quantitative estimate of drug-likeness (QED) is 0.795. The third kappa shape index (κ3) is 3.87. The Hall–Kier alpha value is -1.10. The van der Waals surface area contributed by atoms with Crippen molar-refractivity contribution in [1.82, 2.24) is 8.61 Å². The average molecular weight is 368 g/mol. The van der Waals surface area contributed by atoms with E-state index in [2.05, 4.69) is 0 Å². The van der Waals surface area contributed by atoms with Crippen LogP contribution in [0.1, 0.15) is 13.3 Å². The maximum atomic E-state index is 13.8. The smallest absolute Gasteiger partial charge is 0.212 e. The highest BCUT2D eigenvalue weighted by atomic mass is 32.2. The summed E-state index contributed by atoms with van der Waals surface area (Å²) in [5.41, 5.74) is 0. The first kappa shape index (κ1) is 18.2. The third-order valence-electron chi connectivity index (χ3n) is 3.68. The fraction of sp³-hybridized carbons (Fsp3) is 0.538. The Morgan fingerprint density at radius 1 is 1.00 bits per heavy atom. The van der Waals surface area contributed by atoms with Gasteiger partial charge in [-0.1, -0.05) is 0 Å². The fourth-order valence-corrected chi connectivity index (χ4v) is 5.06. The van der Waals surface area contributed by atoms with Crippen LogP contribution in [0, 0.1) is 11.6 Å². The van der Waals surface area contributed by atoms with Crippen LogP contribution in [0.3, 0.4) is 0 Å². The summed E-state index contributed by atoms with van der Waals surface area (Å²) >= 11 is 0. The first-order chi connectivity index (χ1) is 10.7. The van der Waals surface area contributed by atoms with Crippen molar-refractivity contribution >= 4 is 20.0 Å². The van der Waals surface area contributed by atoms with Gasteiger partial charge in [0.1, 0.15) is 16.5 Å². The van der Waals surface area contributed by atoms with Gasteiger partial charge in [-0.25, -0.2) is 29.9 Å². The SMILES string of the molecule is CCS(=O)(=O)N1CCCN(S(=O)(=O)c2cc(F)ccc2F)CC1. The van der Waals surface area contributed by atoms with Crippen molar-refractivity contribution in [3.63, 3.8) is 0 Å². The van der Waals surface area contributed by atoms with Gasteiger partial charge in [-0.2, -0.15) is 4.31 Å². The molecule has 10 heteroatoms. The van der Waals surface area contributed by atoms with Gasteiger partial charge in [-0.15, -0.1) is 0 Å². The molecule has 130 valence electrons. The standard InChI is InChI=1S/C13H18F2N2O4S2/c1-2-22(18,19)16-6-3-7-17(9-8-16)23(20,21)13-10-11(14)4-5-12(13)15/h4-5,10H,2-3,6-9H2,1H3. The zero-order chi connectivity index (χ0) is 17.3. The third-order valence-corrected chi connectivity index (χ3v) is 7.48. The van der Waals surface area contributed by atoms with E-state index in [0.29, 0.717) is 6.07 Å². The molecule has 0 N–H and O–H groups in total. The maximum absolute atomic E-state index is 13.8. The van der Waals surface area contributed by atoms with E-state index in [1.54, 1.807) is 0 Å². The lowest BCUT2D eigenvalue weighted by molar-refractivity contribution is 0.402. The number of nitrogens with zero attached hydrogens (tertiary/aromatic N) is 2. The van der Waals surface area contributed by atoms with Crippen molar-refractivity contribution in [1.29, 1.82) is 0 Å². The Kier molecular flexibility index (Phi) is 5.39. The number of hydrogen-bond acceptors (Lipinski definition) is 4. The highest BCUT2D eigenvalue weighted by Crippen LogP contribution is 2.22. The normalized spacial score (nSPS) is 18.7. The van der Waals surface area contributed by atoms with Gasteiger partial charge in [0.05, 0.1) is 5.75 Å². The van der Waals surface area contributed by atoms with Gasteiger partial charge in [0.25, 0.3) is 0 Å². The van der Waals surface area contributed by atoms with Crippen molar-refractivity contribution in [3.05, 3.63) is 29.8 Å². The summed E-state index contributed by atoms with van der Waals surface area (Å²) in [6.07, 6.45) is 0.287. The van der Waals surface area contributed by atoms with Gasteiger partial charge >= 0.3 is 0 Å². The van der Waals surface area contributed by atoms with E-state index >= 15 is 0 Å². The predicted molar refractivity (Wildman–Crippen MR) is 80.8 cm³/mol. The van der Waals surface area contributed by atoms with E-state index in [4.69, 9.17) is 0 Å². The van der Waals surface area contributed by atoms with Crippen LogP contribution in [0.4, 0.5) is 8.78 Å². The molecule has 0 amide bonds. The van der Waals surface area contributed by atoms with Gasteiger partial charge in [-0.05, 0) is 31.5 Å². The maximum Gasteiger partial charge on any atom is 0.246 e.